The molecule has 0 radical (unpaired) electrons. The molecule has 7 heteroatoms. The molecule has 1 amide bonds. The topological polar surface area (TPSA) is 54.0 Å². The molecule has 1 aromatic rings. The average molecular weight is 333 g/mol. The Balaban J connectivity index is 1.75. The highest BCUT2D eigenvalue weighted by Crippen LogP contribution is 2.43. The number of nitrogens with one attached hydrogen (secondary N) is 1. The molecular weight excluding hydrogens is 314 g/mol. The molecule has 1 aromatic carbocycles. The molecule has 2 fully saturated rings. The first-order valence-electron chi connectivity index (χ1n) is 7.77. The third-order valence-corrected chi connectivity index (χ3v) is 5.25. The Hall–Kier alpha value is -1.86. The van der Waals surface area contributed by atoms with Crippen LogP contribution in [0.4, 0.5) is 0 Å². The summed E-state index contributed by atoms with van der Waals surface area (Å²) < 4.78 is 10.9. The van der Waals surface area contributed by atoms with Gasteiger partial charge in [-0.1, -0.05) is 6.07 Å². The summed E-state index contributed by atoms with van der Waals surface area (Å²) in [5.74, 6) is 1.58. The number of ether oxygens (including phenoxy) is 2. The number of likely N-dealkylation sites (tertiary alicyclic amines) is 1. The lowest BCUT2D eigenvalue weighted by Crippen LogP contribution is -2.52. The minimum absolute atomic E-state index is 0.0176. The molecule has 23 heavy (non-hydrogen) atoms. The molecular formula is C16H19N3O3S. The van der Waals surface area contributed by atoms with E-state index in [0.29, 0.717) is 18.2 Å². The molecule has 6 nitrogen and oxygen atoms in total. The molecule has 2 saturated heterocycles. The van der Waals surface area contributed by atoms with E-state index < -0.39 is 5.54 Å². The van der Waals surface area contributed by atoms with Crippen molar-refractivity contribution in [3.63, 3.8) is 0 Å². The number of nitrogens with zero attached hydrogens (tertiary/aromatic N) is 2. The van der Waals surface area contributed by atoms with E-state index in [-0.39, 0.29) is 18.6 Å². The smallest absolute Gasteiger partial charge is 0.256 e. The Morgan fingerprint density at radius 1 is 1.39 bits per heavy atom. The van der Waals surface area contributed by atoms with Gasteiger partial charge in [-0.05, 0) is 43.9 Å². The van der Waals surface area contributed by atoms with E-state index in [0.717, 1.165) is 23.6 Å². The lowest BCUT2D eigenvalue weighted by atomic mass is 9.81. The zero-order valence-corrected chi connectivity index (χ0v) is 14.0. The van der Waals surface area contributed by atoms with Crippen molar-refractivity contribution < 1.29 is 14.3 Å². The molecule has 0 aromatic heterocycles. The van der Waals surface area contributed by atoms with Gasteiger partial charge in [-0.2, -0.15) is 0 Å². The second-order valence-corrected chi connectivity index (χ2v) is 6.70. The van der Waals surface area contributed by atoms with Gasteiger partial charge in [0.2, 0.25) is 6.79 Å². The maximum absolute atomic E-state index is 13.0. The molecule has 122 valence electrons. The highest BCUT2D eigenvalue weighted by molar-refractivity contribution is 7.80. The predicted octanol–water partition coefficient (Wildman–Crippen LogP) is 0.920. The van der Waals surface area contributed by atoms with Crippen LogP contribution in [0.5, 0.6) is 11.5 Å². The summed E-state index contributed by atoms with van der Waals surface area (Å²) in [6.07, 6.45) is 0. The average Bonchev–Trinajstić information content (AvgIpc) is 3.17. The summed E-state index contributed by atoms with van der Waals surface area (Å²) in [6, 6.07) is 5.92. The Morgan fingerprint density at radius 2 is 2.17 bits per heavy atom. The highest BCUT2D eigenvalue weighted by atomic mass is 32.1. The van der Waals surface area contributed by atoms with Crippen molar-refractivity contribution in [2.24, 2.45) is 0 Å². The van der Waals surface area contributed by atoms with Gasteiger partial charge in [0.25, 0.3) is 5.91 Å². The summed E-state index contributed by atoms with van der Waals surface area (Å²) in [4.78, 5) is 16.9. The van der Waals surface area contributed by atoms with Crippen LogP contribution in [0.2, 0.25) is 0 Å². The summed E-state index contributed by atoms with van der Waals surface area (Å²) in [6.45, 7) is 4.21. The molecule has 3 aliphatic heterocycles. The zero-order chi connectivity index (χ0) is 16.2. The SMILES string of the molecule is CCN1C(=O)[C@@]2(CN(C)C[C@@H]2c2ccc3c(c2)OCO3)NC1=S. The van der Waals surface area contributed by atoms with Crippen LogP contribution in [0.15, 0.2) is 18.2 Å². The Bertz CT molecular complexity index is 695. The van der Waals surface area contributed by atoms with Crippen LogP contribution in [0.3, 0.4) is 0 Å². The minimum Gasteiger partial charge on any atom is -0.454 e. The molecule has 3 aliphatic rings. The van der Waals surface area contributed by atoms with Gasteiger partial charge in [0.15, 0.2) is 16.6 Å². The molecule has 1 N–H and O–H groups in total. The molecule has 3 heterocycles. The van der Waals surface area contributed by atoms with E-state index >= 15 is 0 Å². The largest absolute Gasteiger partial charge is 0.454 e. The van der Waals surface area contributed by atoms with Crippen molar-refractivity contribution >= 4 is 23.2 Å². The first kappa shape index (κ1) is 14.7. The van der Waals surface area contributed by atoms with Gasteiger partial charge >= 0.3 is 0 Å². The van der Waals surface area contributed by atoms with Crippen LogP contribution in [0.1, 0.15) is 18.4 Å². The van der Waals surface area contributed by atoms with Gasteiger partial charge in [0, 0.05) is 25.6 Å². The molecule has 1 spiro atoms. The maximum atomic E-state index is 13.0. The van der Waals surface area contributed by atoms with Crippen LogP contribution in [-0.2, 0) is 4.79 Å². The van der Waals surface area contributed by atoms with Crippen LogP contribution in [0, 0.1) is 0 Å². The molecule has 2 atom stereocenters. The zero-order valence-electron chi connectivity index (χ0n) is 13.2. The minimum atomic E-state index is -0.685. The van der Waals surface area contributed by atoms with Crippen LogP contribution in [-0.4, -0.2) is 59.8 Å². The normalized spacial score (nSPS) is 29.7. The number of amides is 1. The molecule has 0 unspecified atom stereocenters. The fraction of sp³-hybridized carbons (Fsp3) is 0.500. The lowest BCUT2D eigenvalue weighted by Gasteiger charge is -2.28. The van der Waals surface area contributed by atoms with E-state index in [1.807, 2.05) is 32.2 Å². The Kier molecular flexibility index (Phi) is 3.24. The van der Waals surface area contributed by atoms with Crippen LogP contribution in [0.25, 0.3) is 0 Å². The number of carbonyl (C=O) groups is 1. The second kappa shape index (κ2) is 5.07. The van der Waals surface area contributed by atoms with Crippen LogP contribution < -0.4 is 14.8 Å². The molecule has 0 bridgehead atoms. The Morgan fingerprint density at radius 3 is 2.91 bits per heavy atom. The highest BCUT2D eigenvalue weighted by Gasteiger charge is 2.58. The van der Waals surface area contributed by atoms with Gasteiger partial charge in [-0.3, -0.25) is 9.69 Å². The van der Waals surface area contributed by atoms with E-state index in [1.54, 1.807) is 4.90 Å². The summed E-state index contributed by atoms with van der Waals surface area (Å²) in [5, 5.41) is 3.85. The van der Waals surface area contributed by atoms with Crippen molar-refractivity contribution in [2.75, 3.05) is 33.5 Å². The second-order valence-electron chi connectivity index (χ2n) is 6.31. The molecule has 4 rings (SSSR count). The van der Waals surface area contributed by atoms with Gasteiger partial charge in [0.05, 0.1) is 0 Å². The number of likely N-dealkylation sites (N-methyl/N-ethyl adjacent to an activating group) is 2. The van der Waals surface area contributed by atoms with Crippen molar-refractivity contribution in [2.45, 2.75) is 18.4 Å². The summed E-state index contributed by atoms with van der Waals surface area (Å²) in [7, 11) is 2.03. The van der Waals surface area contributed by atoms with Gasteiger partial charge in [-0.15, -0.1) is 0 Å². The predicted molar refractivity (Wildman–Crippen MR) is 88.7 cm³/mol. The van der Waals surface area contributed by atoms with Crippen molar-refractivity contribution in [1.29, 1.82) is 0 Å². The van der Waals surface area contributed by atoms with Crippen molar-refractivity contribution in [3.8, 4) is 11.5 Å². The van der Waals surface area contributed by atoms with Crippen molar-refractivity contribution in [3.05, 3.63) is 23.8 Å². The third-order valence-electron chi connectivity index (χ3n) is 4.93. The number of thiocarbonyl (C=S) groups is 1. The van der Waals surface area contributed by atoms with Crippen molar-refractivity contribution in [1.82, 2.24) is 15.1 Å². The number of hydrogen-bond donors (Lipinski definition) is 1. The van der Waals surface area contributed by atoms with E-state index in [9.17, 15) is 4.79 Å². The molecule has 0 aliphatic carbocycles. The number of rotatable bonds is 2. The van der Waals surface area contributed by atoms with Crippen LogP contribution >= 0.6 is 12.2 Å². The summed E-state index contributed by atoms with van der Waals surface area (Å²) >= 11 is 5.38. The molecule has 0 saturated carbocycles. The standard InChI is InChI=1S/C16H19N3O3S/c1-3-19-14(20)16(17-15(19)23)8-18(2)7-11(16)10-4-5-12-13(6-10)22-9-21-12/h4-6,11H,3,7-9H2,1-2H3,(H,17,23)/t11-,16+/m1/s1. The lowest BCUT2D eigenvalue weighted by molar-refractivity contribution is -0.130. The Labute approximate surface area is 140 Å². The summed E-state index contributed by atoms with van der Waals surface area (Å²) in [5.41, 5.74) is 0.385. The van der Waals surface area contributed by atoms with E-state index in [1.165, 1.54) is 0 Å². The maximum Gasteiger partial charge on any atom is 0.256 e. The number of carbonyl (C=O) groups excluding carboxylic acids is 1. The third kappa shape index (κ3) is 2.03. The van der Waals surface area contributed by atoms with Gasteiger partial charge in [-0.25, -0.2) is 0 Å². The number of fused-ring (bicyclic) bond motifs is 1. The van der Waals surface area contributed by atoms with E-state index in [4.69, 9.17) is 21.7 Å². The fourth-order valence-electron chi connectivity index (χ4n) is 3.86. The quantitative estimate of drug-likeness (QED) is 0.813. The first-order valence-corrected chi connectivity index (χ1v) is 8.18. The van der Waals surface area contributed by atoms with E-state index in [2.05, 4.69) is 10.2 Å². The monoisotopic (exact) mass is 333 g/mol. The van der Waals surface area contributed by atoms with Gasteiger partial charge in [0.1, 0.15) is 5.54 Å². The van der Waals surface area contributed by atoms with Gasteiger partial charge < -0.3 is 19.7 Å². The first-order chi connectivity index (χ1) is 11.0. The number of hydrogen-bond acceptors (Lipinski definition) is 5. The fourth-order valence-corrected chi connectivity index (χ4v) is 4.26. The number of benzene rings is 1.